The van der Waals surface area contributed by atoms with E-state index in [2.05, 4.69) is 20.3 Å². The van der Waals surface area contributed by atoms with Crippen LogP contribution in [0, 0.1) is 0 Å². The van der Waals surface area contributed by atoms with E-state index in [0.29, 0.717) is 36.4 Å². The predicted octanol–water partition coefficient (Wildman–Crippen LogP) is 2.97. The van der Waals surface area contributed by atoms with Gasteiger partial charge in [-0.1, -0.05) is 11.6 Å². The molecule has 0 bridgehead atoms. The molecule has 0 aliphatic carbocycles. The zero-order valence-electron chi connectivity index (χ0n) is 15.9. The molecule has 1 aromatic carbocycles. The highest BCUT2D eigenvalue weighted by molar-refractivity contribution is 6.34. The summed E-state index contributed by atoms with van der Waals surface area (Å²) in [5.74, 6) is 0.446. The molecule has 8 nitrogen and oxygen atoms in total. The van der Waals surface area contributed by atoms with Gasteiger partial charge in [-0.05, 0) is 24.6 Å². The van der Waals surface area contributed by atoms with Gasteiger partial charge in [0.25, 0.3) is 0 Å². The lowest BCUT2D eigenvalue weighted by molar-refractivity contribution is -0.170. The summed E-state index contributed by atoms with van der Waals surface area (Å²) in [5, 5.41) is 4.54. The Balaban J connectivity index is 1.33. The van der Waals surface area contributed by atoms with Crippen LogP contribution in [0.2, 0.25) is 5.02 Å². The van der Waals surface area contributed by atoms with Gasteiger partial charge in [-0.25, -0.2) is 14.8 Å². The van der Waals surface area contributed by atoms with Crippen molar-refractivity contribution in [1.82, 2.24) is 25.2 Å². The largest absolute Gasteiger partial charge is 0.480 e. The fourth-order valence-electron chi connectivity index (χ4n) is 3.83. The van der Waals surface area contributed by atoms with Crippen LogP contribution in [0.25, 0.3) is 22.2 Å². The molecule has 0 unspecified atom stereocenters. The maximum absolute atomic E-state index is 12.5. The van der Waals surface area contributed by atoms with Crippen molar-refractivity contribution >= 4 is 28.5 Å². The first-order valence-electron chi connectivity index (χ1n) is 9.39. The fourth-order valence-corrected chi connectivity index (χ4v) is 4.10. The smallest absolute Gasteiger partial charge is 0.318 e. The van der Waals surface area contributed by atoms with Gasteiger partial charge in [0.2, 0.25) is 5.88 Å². The molecule has 1 spiro atoms. The molecule has 29 heavy (non-hydrogen) atoms. The lowest BCUT2D eigenvalue weighted by Gasteiger charge is -2.57. The van der Waals surface area contributed by atoms with Crippen molar-refractivity contribution < 1.29 is 14.3 Å². The van der Waals surface area contributed by atoms with E-state index in [-0.39, 0.29) is 11.6 Å². The number of nitrogens with one attached hydrogen (secondary N) is 2. The minimum absolute atomic E-state index is 0.0505. The number of H-pyrrole nitrogens is 1. The highest BCUT2D eigenvalue weighted by Gasteiger charge is 2.53. The van der Waals surface area contributed by atoms with Crippen molar-refractivity contribution in [1.29, 1.82) is 0 Å². The molecule has 2 amide bonds. The Kier molecular flexibility index (Phi) is 4.33. The number of nitrogens with zero attached hydrogens (tertiary/aromatic N) is 3. The number of benzene rings is 1. The molecule has 0 saturated carbocycles. The summed E-state index contributed by atoms with van der Waals surface area (Å²) in [6, 6.07) is 5.76. The number of aromatic nitrogens is 3. The summed E-state index contributed by atoms with van der Waals surface area (Å²) < 4.78 is 10.3. The molecule has 4 heterocycles. The number of methoxy groups -OCH3 is 1. The first kappa shape index (κ1) is 18.2. The van der Waals surface area contributed by atoms with Crippen LogP contribution < -0.4 is 10.1 Å². The van der Waals surface area contributed by atoms with Gasteiger partial charge in [0.1, 0.15) is 0 Å². The van der Waals surface area contributed by atoms with Crippen LogP contribution >= 0.6 is 11.6 Å². The van der Waals surface area contributed by atoms with Gasteiger partial charge in [-0.2, -0.15) is 0 Å². The van der Waals surface area contributed by atoms with E-state index in [9.17, 15) is 4.79 Å². The molecule has 0 radical (unpaired) electrons. The number of halogens is 1. The Labute approximate surface area is 172 Å². The average molecular weight is 414 g/mol. The molecule has 3 aromatic rings. The van der Waals surface area contributed by atoms with Crippen LogP contribution in [0.4, 0.5) is 4.79 Å². The number of amides is 2. The van der Waals surface area contributed by atoms with Crippen LogP contribution in [0.5, 0.6) is 5.88 Å². The van der Waals surface area contributed by atoms with Gasteiger partial charge in [0, 0.05) is 28.7 Å². The van der Waals surface area contributed by atoms with Crippen LogP contribution in [0.3, 0.4) is 0 Å². The van der Waals surface area contributed by atoms with Crippen molar-refractivity contribution in [2.75, 3.05) is 26.9 Å². The zero-order chi connectivity index (χ0) is 20.0. The van der Waals surface area contributed by atoms with Crippen molar-refractivity contribution in [3.63, 3.8) is 0 Å². The minimum Gasteiger partial charge on any atom is -0.480 e. The van der Waals surface area contributed by atoms with Gasteiger partial charge >= 0.3 is 6.03 Å². The summed E-state index contributed by atoms with van der Waals surface area (Å²) in [4.78, 5) is 26.2. The van der Waals surface area contributed by atoms with E-state index in [1.165, 1.54) is 0 Å². The number of likely N-dealkylation sites (tertiary alicyclic amines) is 1. The minimum atomic E-state index is -0.0631. The van der Waals surface area contributed by atoms with Crippen LogP contribution in [-0.4, -0.2) is 58.3 Å². The van der Waals surface area contributed by atoms with Gasteiger partial charge in [-0.15, -0.1) is 0 Å². The number of hydrogen-bond donors (Lipinski definition) is 2. The molecule has 0 atom stereocenters. The number of urea groups is 1. The van der Waals surface area contributed by atoms with E-state index in [1.807, 2.05) is 23.1 Å². The number of rotatable bonds is 4. The second kappa shape index (κ2) is 6.89. The number of hydrogen-bond acceptors (Lipinski definition) is 5. The van der Waals surface area contributed by atoms with Crippen LogP contribution in [0.15, 0.2) is 30.6 Å². The van der Waals surface area contributed by atoms with Crippen LogP contribution in [0.1, 0.15) is 12.1 Å². The second-order valence-corrected chi connectivity index (χ2v) is 7.84. The van der Waals surface area contributed by atoms with Gasteiger partial charge in [-0.3, -0.25) is 0 Å². The quantitative estimate of drug-likeness (QED) is 0.686. The molecule has 150 valence electrons. The highest BCUT2D eigenvalue weighted by Crippen LogP contribution is 2.37. The summed E-state index contributed by atoms with van der Waals surface area (Å²) in [5.41, 5.74) is 3.19. The third kappa shape index (κ3) is 3.08. The molecule has 2 aliphatic heterocycles. The second-order valence-electron chi connectivity index (χ2n) is 7.44. The summed E-state index contributed by atoms with van der Waals surface area (Å²) in [7, 11) is 1.55. The lowest BCUT2D eigenvalue weighted by atomic mass is 9.83. The number of fused-ring (bicyclic) bond motifs is 1. The van der Waals surface area contributed by atoms with E-state index < -0.39 is 0 Å². The van der Waals surface area contributed by atoms with Crippen molar-refractivity contribution in [3.8, 4) is 17.1 Å². The SMILES string of the molecule is COc1cnc(-c2cc3[nH]c(CNC(=O)N4CCC45COC5)cc3cc2Cl)cn1. The number of carbonyl (C=O) groups is 1. The Morgan fingerprint density at radius 2 is 2.21 bits per heavy atom. The fraction of sp³-hybridized carbons (Fsp3) is 0.350. The number of carbonyl (C=O) groups excluding carboxylic acids is 1. The lowest BCUT2D eigenvalue weighted by Crippen LogP contribution is -2.73. The number of aromatic amines is 1. The Hall–Kier alpha value is -2.84. The zero-order valence-corrected chi connectivity index (χ0v) is 16.6. The molecular weight excluding hydrogens is 394 g/mol. The van der Waals surface area contributed by atoms with Gasteiger partial charge < -0.3 is 24.7 Å². The van der Waals surface area contributed by atoms with Crippen molar-refractivity contribution in [2.45, 2.75) is 18.5 Å². The summed E-state index contributed by atoms with van der Waals surface area (Å²) in [6.07, 6.45) is 4.20. The molecule has 2 saturated heterocycles. The average Bonchev–Trinajstić information content (AvgIpc) is 3.05. The summed E-state index contributed by atoms with van der Waals surface area (Å²) in [6.45, 7) is 2.48. The normalized spacial score (nSPS) is 17.1. The molecule has 2 aromatic heterocycles. The first-order valence-corrected chi connectivity index (χ1v) is 9.77. The Bertz CT molecular complexity index is 1070. The van der Waals surface area contributed by atoms with Gasteiger partial charge in [0.15, 0.2) is 0 Å². The summed E-state index contributed by atoms with van der Waals surface area (Å²) >= 11 is 6.47. The Morgan fingerprint density at radius 3 is 2.83 bits per heavy atom. The number of ether oxygens (including phenoxy) is 2. The van der Waals surface area contributed by atoms with E-state index >= 15 is 0 Å². The van der Waals surface area contributed by atoms with Crippen molar-refractivity contribution in [3.05, 3.63) is 41.3 Å². The third-order valence-corrected chi connectivity index (χ3v) is 5.98. The maximum Gasteiger partial charge on any atom is 0.318 e. The molecule has 5 rings (SSSR count). The molecule has 2 aliphatic rings. The molecule has 9 heteroatoms. The third-order valence-electron chi connectivity index (χ3n) is 5.67. The van der Waals surface area contributed by atoms with E-state index in [0.717, 1.165) is 35.1 Å². The van der Waals surface area contributed by atoms with Crippen molar-refractivity contribution in [2.24, 2.45) is 0 Å². The predicted molar refractivity (Wildman–Crippen MR) is 108 cm³/mol. The molecular formula is C20H20ClN5O3. The molecule has 2 fully saturated rings. The van der Waals surface area contributed by atoms with Crippen LogP contribution in [-0.2, 0) is 11.3 Å². The molecule has 2 N–H and O–H groups in total. The topological polar surface area (TPSA) is 92.4 Å². The van der Waals surface area contributed by atoms with E-state index in [4.69, 9.17) is 21.1 Å². The van der Waals surface area contributed by atoms with Gasteiger partial charge in [0.05, 0.1) is 55.5 Å². The maximum atomic E-state index is 12.5. The Morgan fingerprint density at radius 1 is 1.34 bits per heavy atom. The first-order chi connectivity index (χ1) is 14.1. The standard InChI is InChI=1S/C20H20ClN5O3/c1-28-18-9-22-17(8-23-18)14-6-16-12(5-15(14)21)4-13(25-16)7-24-19(27)26-3-2-20(26)10-29-11-20/h4-6,8-9,25H,2-3,7,10-11H2,1H3,(H,24,27). The monoisotopic (exact) mass is 413 g/mol. The highest BCUT2D eigenvalue weighted by atomic mass is 35.5. The van der Waals surface area contributed by atoms with E-state index in [1.54, 1.807) is 19.5 Å².